The summed E-state index contributed by atoms with van der Waals surface area (Å²) < 4.78 is 39.6. The first-order chi connectivity index (χ1) is 9.43. The van der Waals surface area contributed by atoms with E-state index in [0.717, 1.165) is 11.3 Å². The number of hydrogen-bond acceptors (Lipinski definition) is 4. The molecule has 2 rings (SSSR count). The number of alkyl halides is 3. The minimum atomic E-state index is -4.46. The van der Waals surface area contributed by atoms with Gasteiger partial charge in [-0.3, -0.25) is 4.98 Å². The number of aromatic nitrogens is 2. The second-order valence-corrected chi connectivity index (χ2v) is 5.84. The molecular weight excluding hydrogens is 355 g/mol. The summed E-state index contributed by atoms with van der Waals surface area (Å²) in [6.07, 6.45) is -2.93. The molecule has 0 radical (unpaired) electrons. The van der Waals surface area contributed by atoms with Crippen LogP contribution in [0.5, 0.6) is 0 Å². The predicted octanol–water partition coefficient (Wildman–Crippen LogP) is 4.10. The molecule has 0 aromatic carbocycles. The number of nitrogens with zero attached hydrogens (tertiary/aromatic N) is 2. The molecular formula is C12H11BrF3N3S. The van der Waals surface area contributed by atoms with Gasteiger partial charge in [0.2, 0.25) is 0 Å². The van der Waals surface area contributed by atoms with Gasteiger partial charge in [0.25, 0.3) is 0 Å². The fourth-order valence-electron chi connectivity index (χ4n) is 1.58. The Morgan fingerprint density at radius 2 is 2.15 bits per heavy atom. The van der Waals surface area contributed by atoms with Crippen LogP contribution in [-0.2, 0) is 12.7 Å². The lowest BCUT2D eigenvalue weighted by Crippen LogP contribution is -2.15. The largest absolute Gasteiger partial charge is 0.434 e. The van der Waals surface area contributed by atoms with Gasteiger partial charge in [0, 0.05) is 17.2 Å². The van der Waals surface area contributed by atoms with Crippen molar-refractivity contribution in [3.63, 3.8) is 0 Å². The summed E-state index contributed by atoms with van der Waals surface area (Å²) in [5.41, 5.74) is -0.415. The van der Waals surface area contributed by atoms with E-state index in [-0.39, 0.29) is 16.4 Å². The van der Waals surface area contributed by atoms with Crippen molar-refractivity contribution < 1.29 is 13.2 Å². The Hall–Kier alpha value is -0.990. The average molecular weight is 366 g/mol. The van der Waals surface area contributed by atoms with E-state index in [9.17, 15) is 13.2 Å². The minimum absolute atomic E-state index is 0.146. The third kappa shape index (κ3) is 3.36. The summed E-state index contributed by atoms with van der Waals surface area (Å²) in [4.78, 5) is 7.98. The third-order valence-electron chi connectivity index (χ3n) is 2.46. The smallest absolute Gasteiger partial charge is 0.312 e. The Balaban J connectivity index is 2.46. The zero-order valence-electron chi connectivity index (χ0n) is 10.5. The number of pyridine rings is 1. The van der Waals surface area contributed by atoms with E-state index in [1.807, 2.05) is 6.92 Å². The van der Waals surface area contributed by atoms with Crippen LogP contribution in [0.1, 0.15) is 17.5 Å². The molecule has 0 aliphatic rings. The fourth-order valence-corrected chi connectivity index (χ4v) is 3.21. The minimum Gasteiger partial charge on any atom is -0.312 e. The van der Waals surface area contributed by atoms with E-state index in [1.54, 1.807) is 12.1 Å². The molecule has 0 saturated heterocycles. The van der Waals surface area contributed by atoms with Gasteiger partial charge in [-0.25, -0.2) is 4.98 Å². The van der Waals surface area contributed by atoms with E-state index < -0.39 is 11.9 Å². The van der Waals surface area contributed by atoms with Crippen LogP contribution in [0.15, 0.2) is 22.8 Å². The van der Waals surface area contributed by atoms with Crippen molar-refractivity contribution in [2.24, 2.45) is 0 Å². The van der Waals surface area contributed by atoms with Gasteiger partial charge in [0.1, 0.15) is 10.7 Å². The lowest BCUT2D eigenvalue weighted by molar-refractivity contribution is -0.141. The van der Waals surface area contributed by atoms with Crippen LogP contribution in [0.3, 0.4) is 0 Å². The fraction of sp³-hybridized carbons (Fsp3) is 0.333. The molecule has 20 heavy (non-hydrogen) atoms. The summed E-state index contributed by atoms with van der Waals surface area (Å²) in [6, 6.07) is 3.42. The first kappa shape index (κ1) is 15.4. The van der Waals surface area contributed by atoms with Crippen LogP contribution >= 0.6 is 27.3 Å². The van der Waals surface area contributed by atoms with Gasteiger partial charge < -0.3 is 5.32 Å². The van der Waals surface area contributed by atoms with E-state index in [0.29, 0.717) is 16.7 Å². The average Bonchev–Trinajstić information content (AvgIpc) is 2.80. The van der Waals surface area contributed by atoms with Gasteiger partial charge in [-0.2, -0.15) is 13.2 Å². The molecule has 2 aromatic heterocycles. The molecule has 2 aromatic rings. The van der Waals surface area contributed by atoms with Crippen molar-refractivity contribution in [3.8, 4) is 10.7 Å². The number of hydrogen-bond donors (Lipinski definition) is 1. The van der Waals surface area contributed by atoms with Crippen LogP contribution in [-0.4, -0.2) is 16.5 Å². The first-order valence-electron chi connectivity index (χ1n) is 5.82. The monoisotopic (exact) mass is 365 g/mol. The zero-order valence-corrected chi connectivity index (χ0v) is 12.9. The number of nitrogens with one attached hydrogen (secondary N) is 1. The number of rotatable bonds is 4. The Morgan fingerprint density at radius 3 is 2.75 bits per heavy atom. The maximum absolute atomic E-state index is 13.0. The van der Waals surface area contributed by atoms with Crippen molar-refractivity contribution in [2.45, 2.75) is 19.6 Å². The SMILES string of the molecule is CCNCc1sc(-c2ncccc2Br)nc1C(F)(F)F. The maximum Gasteiger partial charge on any atom is 0.434 e. The predicted molar refractivity (Wildman–Crippen MR) is 75.4 cm³/mol. The van der Waals surface area contributed by atoms with E-state index >= 15 is 0 Å². The first-order valence-corrected chi connectivity index (χ1v) is 7.43. The molecule has 8 heteroatoms. The summed E-state index contributed by atoms with van der Waals surface area (Å²) in [6.45, 7) is 2.58. The molecule has 0 aliphatic heterocycles. The summed E-state index contributed by atoms with van der Waals surface area (Å²) in [5, 5.41) is 3.16. The molecule has 0 unspecified atom stereocenters. The molecule has 1 N–H and O–H groups in total. The number of thiazole rings is 1. The topological polar surface area (TPSA) is 37.8 Å². The molecule has 3 nitrogen and oxygen atoms in total. The van der Waals surface area contributed by atoms with Crippen LogP contribution in [0.25, 0.3) is 10.7 Å². The van der Waals surface area contributed by atoms with Crippen LogP contribution in [0.4, 0.5) is 13.2 Å². The highest BCUT2D eigenvalue weighted by Gasteiger charge is 2.37. The van der Waals surface area contributed by atoms with E-state index in [2.05, 4.69) is 31.2 Å². The van der Waals surface area contributed by atoms with Crippen molar-refractivity contribution >= 4 is 27.3 Å². The molecule has 0 atom stereocenters. The lowest BCUT2D eigenvalue weighted by atomic mass is 10.3. The van der Waals surface area contributed by atoms with E-state index in [4.69, 9.17) is 0 Å². The molecule has 2 heterocycles. The van der Waals surface area contributed by atoms with Gasteiger partial charge in [0.15, 0.2) is 5.69 Å². The van der Waals surface area contributed by atoms with E-state index in [1.165, 1.54) is 6.20 Å². The Morgan fingerprint density at radius 1 is 1.40 bits per heavy atom. The Bertz CT molecular complexity index is 598. The Labute approximate surface area is 126 Å². The van der Waals surface area contributed by atoms with Crippen molar-refractivity contribution in [1.82, 2.24) is 15.3 Å². The summed E-state index contributed by atoms with van der Waals surface area (Å²) >= 11 is 4.28. The highest BCUT2D eigenvalue weighted by Crippen LogP contribution is 2.38. The van der Waals surface area contributed by atoms with Gasteiger partial charge in [-0.05, 0) is 34.6 Å². The molecule has 0 aliphatic carbocycles. The van der Waals surface area contributed by atoms with Crippen LogP contribution < -0.4 is 5.32 Å². The van der Waals surface area contributed by atoms with Gasteiger partial charge >= 0.3 is 6.18 Å². The van der Waals surface area contributed by atoms with Crippen molar-refractivity contribution in [1.29, 1.82) is 0 Å². The third-order valence-corrected chi connectivity index (χ3v) is 4.16. The lowest BCUT2D eigenvalue weighted by Gasteiger charge is -2.05. The molecule has 0 spiro atoms. The molecule has 0 amide bonds. The summed E-state index contributed by atoms with van der Waals surface area (Å²) in [7, 11) is 0. The molecule has 108 valence electrons. The normalized spacial score (nSPS) is 11.8. The van der Waals surface area contributed by atoms with Gasteiger partial charge in [-0.15, -0.1) is 11.3 Å². The van der Waals surface area contributed by atoms with Crippen molar-refractivity contribution in [2.75, 3.05) is 6.54 Å². The maximum atomic E-state index is 13.0. The van der Waals surface area contributed by atoms with Crippen LogP contribution in [0.2, 0.25) is 0 Å². The van der Waals surface area contributed by atoms with Crippen molar-refractivity contribution in [3.05, 3.63) is 33.4 Å². The summed E-state index contributed by atoms with van der Waals surface area (Å²) in [5.74, 6) is 0. The quantitative estimate of drug-likeness (QED) is 0.886. The van der Waals surface area contributed by atoms with Crippen LogP contribution in [0, 0.1) is 0 Å². The zero-order chi connectivity index (χ0) is 14.8. The highest BCUT2D eigenvalue weighted by molar-refractivity contribution is 9.10. The molecule has 0 fully saturated rings. The second-order valence-electron chi connectivity index (χ2n) is 3.90. The molecule has 0 saturated carbocycles. The standard InChI is InChI=1S/C12H11BrF3N3S/c1-2-17-6-8-10(12(14,15)16)19-11(20-8)9-7(13)4-3-5-18-9/h3-5,17H,2,6H2,1H3. The second kappa shape index (κ2) is 6.19. The molecule has 0 bridgehead atoms. The number of halogens is 4. The highest BCUT2D eigenvalue weighted by atomic mass is 79.9. The Kier molecular flexibility index (Phi) is 4.77. The van der Waals surface area contributed by atoms with Gasteiger partial charge in [0.05, 0.1) is 4.88 Å². The van der Waals surface area contributed by atoms with Gasteiger partial charge in [-0.1, -0.05) is 6.92 Å².